The summed E-state index contributed by atoms with van der Waals surface area (Å²) in [5.41, 5.74) is 6.07. The van der Waals surface area contributed by atoms with E-state index in [0.29, 0.717) is 24.7 Å². The van der Waals surface area contributed by atoms with E-state index < -0.39 is 5.79 Å². The van der Waals surface area contributed by atoms with Crippen LogP contribution in [0.2, 0.25) is 0 Å². The van der Waals surface area contributed by atoms with Crippen molar-refractivity contribution >= 4 is 5.82 Å². The number of anilines is 1. The summed E-state index contributed by atoms with van der Waals surface area (Å²) in [7, 11) is 0. The Morgan fingerprint density at radius 2 is 2.00 bits per heavy atom. The van der Waals surface area contributed by atoms with Gasteiger partial charge in [0, 0.05) is 0 Å². The molecule has 2 heterocycles. The Balaban J connectivity index is 2.29. The molecule has 1 aliphatic rings. The summed E-state index contributed by atoms with van der Waals surface area (Å²) >= 11 is 0. The lowest BCUT2D eigenvalue weighted by molar-refractivity contribution is -0.153. The van der Waals surface area contributed by atoms with Gasteiger partial charge in [-0.05, 0) is 19.1 Å². The van der Waals surface area contributed by atoms with Crippen LogP contribution in [0.4, 0.5) is 5.82 Å². The fourth-order valence-electron chi connectivity index (χ4n) is 1.25. The minimum atomic E-state index is -0.749. The molecule has 1 saturated heterocycles. The van der Waals surface area contributed by atoms with Crippen LogP contribution < -0.4 is 5.73 Å². The summed E-state index contributed by atoms with van der Waals surface area (Å²) in [6.07, 6.45) is 0. The molecule has 1 aliphatic heterocycles. The molecule has 0 aliphatic carbocycles. The molecule has 0 radical (unpaired) electrons. The number of nitrogens with zero attached hydrogens (tertiary/aromatic N) is 2. The van der Waals surface area contributed by atoms with Gasteiger partial charge in [-0.25, -0.2) is 0 Å². The van der Waals surface area contributed by atoms with E-state index in [1.165, 1.54) is 0 Å². The molecule has 5 heteroatoms. The second kappa shape index (κ2) is 2.93. The van der Waals surface area contributed by atoms with E-state index in [-0.39, 0.29) is 0 Å². The van der Waals surface area contributed by atoms with Gasteiger partial charge in [-0.3, -0.25) is 0 Å². The topological polar surface area (TPSA) is 70.3 Å². The molecule has 0 unspecified atom stereocenters. The predicted octanol–water partition coefficient (Wildman–Crippen LogP) is 0.278. The Bertz CT molecular complexity index is 293. The van der Waals surface area contributed by atoms with Crippen molar-refractivity contribution in [2.45, 2.75) is 12.7 Å². The smallest absolute Gasteiger partial charge is 0.211 e. The minimum Gasteiger partial charge on any atom is -0.382 e. The quantitative estimate of drug-likeness (QED) is 0.673. The largest absolute Gasteiger partial charge is 0.382 e. The van der Waals surface area contributed by atoms with Crippen molar-refractivity contribution in [2.24, 2.45) is 0 Å². The van der Waals surface area contributed by atoms with Crippen molar-refractivity contribution in [3.05, 3.63) is 17.8 Å². The van der Waals surface area contributed by atoms with Crippen LogP contribution >= 0.6 is 0 Å². The van der Waals surface area contributed by atoms with Crippen LogP contribution in [0, 0.1) is 0 Å². The Kier molecular flexibility index (Phi) is 1.90. The molecule has 13 heavy (non-hydrogen) atoms. The van der Waals surface area contributed by atoms with Crippen molar-refractivity contribution in [1.82, 2.24) is 10.2 Å². The first-order chi connectivity index (χ1) is 6.21. The van der Waals surface area contributed by atoms with Gasteiger partial charge in [-0.2, -0.15) is 0 Å². The average molecular weight is 181 g/mol. The van der Waals surface area contributed by atoms with Gasteiger partial charge in [0.15, 0.2) is 0 Å². The maximum absolute atomic E-state index is 5.41. The number of hydrogen-bond acceptors (Lipinski definition) is 5. The van der Waals surface area contributed by atoms with E-state index in [0.717, 1.165) is 0 Å². The van der Waals surface area contributed by atoms with E-state index in [1.54, 1.807) is 12.1 Å². The zero-order valence-corrected chi connectivity index (χ0v) is 7.36. The third-order valence-corrected chi connectivity index (χ3v) is 1.99. The molecule has 0 spiro atoms. The summed E-state index contributed by atoms with van der Waals surface area (Å²) in [6.45, 7) is 2.99. The molecule has 0 aromatic carbocycles. The third-order valence-electron chi connectivity index (χ3n) is 1.99. The molecule has 1 aromatic rings. The molecule has 1 fully saturated rings. The number of hydrogen-bond donors (Lipinski definition) is 1. The van der Waals surface area contributed by atoms with Gasteiger partial charge in [0.1, 0.15) is 11.5 Å². The van der Waals surface area contributed by atoms with Crippen LogP contribution in [-0.2, 0) is 15.3 Å². The molecule has 1 aromatic heterocycles. The van der Waals surface area contributed by atoms with Crippen LogP contribution in [0.25, 0.3) is 0 Å². The maximum Gasteiger partial charge on any atom is 0.211 e. The lowest BCUT2D eigenvalue weighted by Gasteiger charge is -2.20. The Labute approximate surface area is 75.9 Å². The van der Waals surface area contributed by atoms with E-state index in [9.17, 15) is 0 Å². The van der Waals surface area contributed by atoms with Crippen molar-refractivity contribution < 1.29 is 9.47 Å². The Morgan fingerprint density at radius 1 is 1.31 bits per heavy atom. The van der Waals surface area contributed by atoms with Gasteiger partial charge in [-0.15, -0.1) is 10.2 Å². The van der Waals surface area contributed by atoms with Crippen molar-refractivity contribution in [3.8, 4) is 0 Å². The number of aromatic nitrogens is 2. The molecular weight excluding hydrogens is 170 g/mol. The first-order valence-corrected chi connectivity index (χ1v) is 4.08. The molecule has 2 N–H and O–H groups in total. The Morgan fingerprint density at radius 3 is 2.54 bits per heavy atom. The second-order valence-electron chi connectivity index (χ2n) is 2.99. The second-order valence-corrected chi connectivity index (χ2v) is 2.99. The van der Waals surface area contributed by atoms with E-state index in [2.05, 4.69) is 10.2 Å². The molecule has 0 saturated carbocycles. The minimum absolute atomic E-state index is 0.394. The molecule has 0 bridgehead atoms. The van der Waals surface area contributed by atoms with Gasteiger partial charge < -0.3 is 15.2 Å². The molecule has 0 amide bonds. The monoisotopic (exact) mass is 181 g/mol. The summed E-state index contributed by atoms with van der Waals surface area (Å²) < 4.78 is 10.8. The third kappa shape index (κ3) is 1.48. The summed E-state index contributed by atoms with van der Waals surface area (Å²) in [4.78, 5) is 0. The fraction of sp³-hybridized carbons (Fsp3) is 0.500. The Hall–Kier alpha value is -1.20. The summed E-state index contributed by atoms with van der Waals surface area (Å²) in [6, 6.07) is 3.44. The van der Waals surface area contributed by atoms with Crippen molar-refractivity contribution in [2.75, 3.05) is 18.9 Å². The number of ether oxygens (including phenoxy) is 2. The summed E-state index contributed by atoms with van der Waals surface area (Å²) in [5.74, 6) is -0.355. The van der Waals surface area contributed by atoms with Crippen molar-refractivity contribution in [1.29, 1.82) is 0 Å². The first-order valence-electron chi connectivity index (χ1n) is 4.08. The van der Waals surface area contributed by atoms with Crippen LogP contribution in [0.5, 0.6) is 0 Å². The number of rotatable bonds is 1. The van der Waals surface area contributed by atoms with Crippen LogP contribution in [0.15, 0.2) is 12.1 Å². The molecule has 2 rings (SSSR count). The van der Waals surface area contributed by atoms with Gasteiger partial charge in [0.05, 0.1) is 13.2 Å². The zero-order valence-electron chi connectivity index (χ0n) is 7.36. The van der Waals surface area contributed by atoms with E-state index in [4.69, 9.17) is 15.2 Å². The van der Waals surface area contributed by atoms with Gasteiger partial charge >= 0.3 is 0 Å². The maximum atomic E-state index is 5.41. The van der Waals surface area contributed by atoms with E-state index in [1.807, 2.05) is 6.92 Å². The van der Waals surface area contributed by atoms with Gasteiger partial charge in [0.2, 0.25) is 5.79 Å². The van der Waals surface area contributed by atoms with E-state index >= 15 is 0 Å². The van der Waals surface area contributed by atoms with Gasteiger partial charge in [-0.1, -0.05) is 0 Å². The molecule has 5 nitrogen and oxygen atoms in total. The summed E-state index contributed by atoms with van der Waals surface area (Å²) in [5, 5.41) is 7.64. The predicted molar refractivity (Wildman–Crippen MR) is 45.7 cm³/mol. The normalized spacial score (nSPS) is 20.4. The molecule has 0 atom stereocenters. The van der Waals surface area contributed by atoms with Gasteiger partial charge in [0.25, 0.3) is 0 Å². The number of nitrogens with two attached hydrogens (primary N) is 1. The lowest BCUT2D eigenvalue weighted by atomic mass is 10.2. The highest BCUT2D eigenvalue weighted by Gasteiger charge is 2.34. The molecule has 70 valence electrons. The highest BCUT2D eigenvalue weighted by Crippen LogP contribution is 2.28. The number of nitrogen functional groups attached to an aromatic ring is 1. The zero-order chi connectivity index (χ0) is 9.31. The molecular formula is C8H11N3O2. The standard InChI is InChI=1S/C8H11N3O2/c1-8(12-4-5-13-8)6-2-3-7(9)11-10-6/h2-3H,4-5H2,1H3,(H2,9,11). The SMILES string of the molecule is CC1(c2ccc(N)nn2)OCCO1. The first kappa shape index (κ1) is 8.40. The average Bonchev–Trinajstić information content (AvgIpc) is 2.54. The fourth-order valence-corrected chi connectivity index (χ4v) is 1.25. The lowest BCUT2D eigenvalue weighted by Crippen LogP contribution is -2.24. The highest BCUT2D eigenvalue weighted by molar-refractivity contribution is 5.26. The van der Waals surface area contributed by atoms with Crippen LogP contribution in [0.1, 0.15) is 12.6 Å². The van der Waals surface area contributed by atoms with Crippen molar-refractivity contribution in [3.63, 3.8) is 0 Å². The van der Waals surface area contributed by atoms with Crippen LogP contribution in [-0.4, -0.2) is 23.4 Å². The van der Waals surface area contributed by atoms with Crippen LogP contribution in [0.3, 0.4) is 0 Å². The highest BCUT2D eigenvalue weighted by atomic mass is 16.7.